The minimum Gasteiger partial charge on any atom is -0.373 e. The van der Waals surface area contributed by atoms with E-state index in [0.29, 0.717) is 22.6 Å². The maximum Gasteiger partial charge on any atom is 0.257 e. The molecule has 0 spiro atoms. The quantitative estimate of drug-likeness (QED) is 0.878. The van der Waals surface area contributed by atoms with Crippen molar-refractivity contribution in [1.82, 2.24) is 4.98 Å². The Morgan fingerprint density at radius 1 is 1.32 bits per heavy atom. The Morgan fingerprint density at radius 2 is 2.16 bits per heavy atom. The summed E-state index contributed by atoms with van der Waals surface area (Å²) in [6.45, 7) is 0. The van der Waals surface area contributed by atoms with Crippen molar-refractivity contribution >= 4 is 17.4 Å². The molecule has 2 aromatic rings. The lowest BCUT2D eigenvalue weighted by Gasteiger charge is -2.06. The number of pyridine rings is 1. The van der Waals surface area contributed by atoms with E-state index < -0.39 is 0 Å². The highest BCUT2D eigenvalue weighted by atomic mass is 16.1. The van der Waals surface area contributed by atoms with E-state index in [1.165, 1.54) is 6.20 Å². The van der Waals surface area contributed by atoms with Gasteiger partial charge >= 0.3 is 0 Å². The minimum absolute atomic E-state index is 0.259. The second kappa shape index (κ2) is 5.65. The predicted molar refractivity (Wildman–Crippen MR) is 72.9 cm³/mol. The second-order valence-corrected chi connectivity index (χ2v) is 3.83. The molecule has 1 aromatic carbocycles. The molecule has 0 fully saturated rings. The first-order valence-corrected chi connectivity index (χ1v) is 5.68. The topological polar surface area (TPSA) is 77.8 Å². The van der Waals surface area contributed by atoms with Gasteiger partial charge in [-0.25, -0.2) is 4.98 Å². The Hall–Kier alpha value is -2.87. The fourth-order valence-corrected chi connectivity index (χ4v) is 1.55. The number of nitrogens with zero attached hydrogens (tertiary/aromatic N) is 2. The van der Waals surface area contributed by atoms with Crippen molar-refractivity contribution in [2.75, 3.05) is 17.7 Å². The summed E-state index contributed by atoms with van der Waals surface area (Å²) in [7, 11) is 1.76. The smallest absolute Gasteiger partial charge is 0.257 e. The number of carbonyl (C=O) groups excluding carboxylic acids is 1. The van der Waals surface area contributed by atoms with E-state index in [1.807, 2.05) is 6.07 Å². The summed E-state index contributed by atoms with van der Waals surface area (Å²) in [6.07, 6.45) is 1.50. The van der Waals surface area contributed by atoms with Crippen LogP contribution in [0.3, 0.4) is 0 Å². The Morgan fingerprint density at radius 3 is 2.79 bits per heavy atom. The van der Waals surface area contributed by atoms with Gasteiger partial charge in [-0.3, -0.25) is 4.79 Å². The molecule has 19 heavy (non-hydrogen) atoms. The lowest BCUT2D eigenvalue weighted by Crippen LogP contribution is -2.12. The van der Waals surface area contributed by atoms with Crippen molar-refractivity contribution in [3.8, 4) is 6.07 Å². The molecule has 5 nitrogen and oxygen atoms in total. The van der Waals surface area contributed by atoms with Gasteiger partial charge in [-0.05, 0) is 30.3 Å². The number of carbonyl (C=O) groups is 1. The summed E-state index contributed by atoms with van der Waals surface area (Å²) in [5.41, 5.74) is 1.55. The average Bonchev–Trinajstić information content (AvgIpc) is 2.47. The zero-order chi connectivity index (χ0) is 13.7. The molecule has 1 amide bonds. The lowest BCUT2D eigenvalue weighted by molar-refractivity contribution is 0.102. The van der Waals surface area contributed by atoms with E-state index in [2.05, 4.69) is 15.6 Å². The highest BCUT2D eigenvalue weighted by molar-refractivity contribution is 6.04. The van der Waals surface area contributed by atoms with Gasteiger partial charge in [0.2, 0.25) is 0 Å². The standard InChI is InChI=1S/C14H12N4O/c1-16-13-6-5-11(9-17-13)14(19)18-12-4-2-3-10(7-12)8-15/h2-7,9H,1H3,(H,16,17)(H,18,19). The summed E-state index contributed by atoms with van der Waals surface area (Å²) in [6, 6.07) is 12.2. The number of anilines is 2. The van der Waals surface area contributed by atoms with Crippen LogP contribution in [0.1, 0.15) is 15.9 Å². The number of rotatable bonds is 3. The van der Waals surface area contributed by atoms with Gasteiger partial charge in [0.05, 0.1) is 17.2 Å². The molecule has 0 saturated carbocycles. The van der Waals surface area contributed by atoms with E-state index in [1.54, 1.807) is 43.4 Å². The summed E-state index contributed by atoms with van der Waals surface area (Å²) in [4.78, 5) is 16.0. The molecule has 1 heterocycles. The van der Waals surface area contributed by atoms with Gasteiger partial charge in [0, 0.05) is 18.9 Å². The Bertz CT molecular complexity index is 629. The summed E-state index contributed by atoms with van der Waals surface area (Å²) >= 11 is 0. The van der Waals surface area contributed by atoms with Crippen LogP contribution in [0, 0.1) is 11.3 Å². The van der Waals surface area contributed by atoms with Crippen LogP contribution >= 0.6 is 0 Å². The summed E-state index contributed by atoms with van der Waals surface area (Å²) in [5, 5.41) is 14.4. The third-order valence-electron chi connectivity index (χ3n) is 2.53. The van der Waals surface area contributed by atoms with Crippen LogP contribution in [0.4, 0.5) is 11.5 Å². The molecule has 0 aliphatic carbocycles. The van der Waals surface area contributed by atoms with Crippen LogP contribution in [0.15, 0.2) is 42.6 Å². The van der Waals surface area contributed by atoms with Gasteiger partial charge in [0.15, 0.2) is 0 Å². The second-order valence-electron chi connectivity index (χ2n) is 3.83. The van der Waals surface area contributed by atoms with Crippen LogP contribution in [-0.2, 0) is 0 Å². The maximum atomic E-state index is 12.0. The molecule has 2 rings (SSSR count). The van der Waals surface area contributed by atoms with Crippen molar-refractivity contribution in [1.29, 1.82) is 5.26 Å². The minimum atomic E-state index is -0.259. The van der Waals surface area contributed by atoms with Crippen LogP contribution in [0.2, 0.25) is 0 Å². The molecule has 0 aliphatic heterocycles. The van der Waals surface area contributed by atoms with E-state index in [0.717, 1.165) is 0 Å². The number of nitrogens with one attached hydrogen (secondary N) is 2. The Balaban J connectivity index is 2.13. The molecule has 94 valence electrons. The van der Waals surface area contributed by atoms with E-state index >= 15 is 0 Å². The molecule has 0 radical (unpaired) electrons. The Kier molecular flexibility index (Phi) is 3.74. The number of amides is 1. The monoisotopic (exact) mass is 252 g/mol. The average molecular weight is 252 g/mol. The molecule has 0 atom stereocenters. The molecule has 0 aliphatic rings. The van der Waals surface area contributed by atoms with Crippen LogP contribution in [-0.4, -0.2) is 17.9 Å². The van der Waals surface area contributed by atoms with E-state index in [9.17, 15) is 4.79 Å². The molecule has 5 heteroatoms. The van der Waals surface area contributed by atoms with Gasteiger partial charge in [-0.15, -0.1) is 0 Å². The van der Waals surface area contributed by atoms with Crippen LogP contribution in [0.25, 0.3) is 0 Å². The van der Waals surface area contributed by atoms with Gasteiger partial charge in [-0.2, -0.15) is 5.26 Å². The third kappa shape index (κ3) is 3.07. The normalized spacial score (nSPS) is 9.47. The van der Waals surface area contributed by atoms with Crippen molar-refractivity contribution < 1.29 is 4.79 Å². The van der Waals surface area contributed by atoms with Crippen molar-refractivity contribution in [2.45, 2.75) is 0 Å². The Labute approximate surface area is 110 Å². The molecular formula is C14H12N4O. The maximum absolute atomic E-state index is 12.0. The van der Waals surface area contributed by atoms with Gasteiger partial charge in [0.1, 0.15) is 5.82 Å². The predicted octanol–water partition coefficient (Wildman–Crippen LogP) is 2.25. The first-order valence-electron chi connectivity index (χ1n) is 5.68. The zero-order valence-electron chi connectivity index (χ0n) is 10.3. The number of benzene rings is 1. The highest BCUT2D eigenvalue weighted by Gasteiger charge is 2.06. The first-order chi connectivity index (χ1) is 9.22. The fraction of sp³-hybridized carbons (Fsp3) is 0.0714. The lowest BCUT2D eigenvalue weighted by atomic mass is 10.2. The number of hydrogen-bond acceptors (Lipinski definition) is 4. The highest BCUT2D eigenvalue weighted by Crippen LogP contribution is 2.12. The fourth-order valence-electron chi connectivity index (χ4n) is 1.55. The van der Waals surface area contributed by atoms with Crippen molar-refractivity contribution in [3.05, 3.63) is 53.7 Å². The summed E-state index contributed by atoms with van der Waals surface area (Å²) in [5.74, 6) is 0.438. The van der Waals surface area contributed by atoms with Crippen LogP contribution < -0.4 is 10.6 Å². The van der Waals surface area contributed by atoms with Crippen LogP contribution in [0.5, 0.6) is 0 Å². The summed E-state index contributed by atoms with van der Waals surface area (Å²) < 4.78 is 0. The zero-order valence-corrected chi connectivity index (χ0v) is 10.3. The molecular weight excluding hydrogens is 240 g/mol. The SMILES string of the molecule is CNc1ccc(C(=O)Nc2cccc(C#N)c2)cn1. The van der Waals surface area contributed by atoms with E-state index in [4.69, 9.17) is 5.26 Å². The van der Waals surface area contributed by atoms with Gasteiger partial charge < -0.3 is 10.6 Å². The third-order valence-corrected chi connectivity index (χ3v) is 2.53. The molecule has 2 N–H and O–H groups in total. The number of hydrogen-bond donors (Lipinski definition) is 2. The molecule has 0 bridgehead atoms. The number of nitriles is 1. The first kappa shape index (κ1) is 12.6. The largest absolute Gasteiger partial charge is 0.373 e. The van der Waals surface area contributed by atoms with Gasteiger partial charge in [-0.1, -0.05) is 6.07 Å². The van der Waals surface area contributed by atoms with Crippen molar-refractivity contribution in [3.63, 3.8) is 0 Å². The molecule has 1 aromatic heterocycles. The molecule has 0 unspecified atom stereocenters. The van der Waals surface area contributed by atoms with Gasteiger partial charge in [0.25, 0.3) is 5.91 Å². The van der Waals surface area contributed by atoms with Crippen molar-refractivity contribution in [2.24, 2.45) is 0 Å². The number of aromatic nitrogens is 1. The molecule has 0 saturated heterocycles. The van der Waals surface area contributed by atoms with E-state index in [-0.39, 0.29) is 5.91 Å².